The fraction of sp³-hybridized carbons (Fsp3) is 1.00. The van der Waals surface area contributed by atoms with Crippen LogP contribution in [0.1, 0.15) is 32.6 Å². The molecule has 4 heteroatoms. The molecule has 18 heavy (non-hydrogen) atoms. The van der Waals surface area contributed by atoms with Crippen molar-refractivity contribution in [3.8, 4) is 0 Å². The van der Waals surface area contributed by atoms with Gasteiger partial charge in [0.25, 0.3) is 0 Å². The van der Waals surface area contributed by atoms with Crippen molar-refractivity contribution in [2.75, 3.05) is 40.1 Å². The molecule has 2 fully saturated rings. The molecule has 106 valence electrons. The van der Waals surface area contributed by atoms with E-state index >= 15 is 0 Å². The predicted molar refractivity (Wildman–Crippen MR) is 70.8 cm³/mol. The Morgan fingerprint density at radius 1 is 1.17 bits per heavy atom. The molecule has 0 bridgehead atoms. The Kier molecular flexibility index (Phi) is 5.42. The lowest BCUT2D eigenvalue weighted by Gasteiger charge is -2.47. The van der Waals surface area contributed by atoms with E-state index in [4.69, 9.17) is 14.2 Å². The molecule has 0 radical (unpaired) electrons. The van der Waals surface area contributed by atoms with Crippen LogP contribution in [0.2, 0.25) is 0 Å². The first kappa shape index (κ1) is 14.3. The van der Waals surface area contributed by atoms with Crippen LogP contribution in [0.25, 0.3) is 0 Å². The molecular formula is C14H27NO3. The molecule has 1 atom stereocenters. The van der Waals surface area contributed by atoms with E-state index in [9.17, 15) is 0 Å². The second kappa shape index (κ2) is 6.85. The van der Waals surface area contributed by atoms with Gasteiger partial charge in [0.05, 0.1) is 5.60 Å². The number of rotatable bonds is 5. The van der Waals surface area contributed by atoms with Crippen LogP contribution in [0.4, 0.5) is 0 Å². The average Bonchev–Trinajstić information content (AvgIpc) is 2.42. The summed E-state index contributed by atoms with van der Waals surface area (Å²) in [4.78, 5) is 0. The third kappa shape index (κ3) is 3.05. The maximum atomic E-state index is 6.19. The van der Waals surface area contributed by atoms with Gasteiger partial charge in [-0.2, -0.15) is 0 Å². The maximum absolute atomic E-state index is 6.19. The Hall–Kier alpha value is -0.160. The molecule has 2 rings (SSSR count). The van der Waals surface area contributed by atoms with Crippen molar-refractivity contribution in [1.82, 2.24) is 5.32 Å². The summed E-state index contributed by atoms with van der Waals surface area (Å²) in [5.74, 6) is 0.661. The van der Waals surface area contributed by atoms with Gasteiger partial charge in [-0.15, -0.1) is 0 Å². The first-order valence-corrected chi connectivity index (χ1v) is 7.29. The van der Waals surface area contributed by atoms with Crippen LogP contribution in [0, 0.1) is 5.92 Å². The Balaban J connectivity index is 2.09. The summed E-state index contributed by atoms with van der Waals surface area (Å²) in [5.41, 5.74) is -0.0379. The van der Waals surface area contributed by atoms with Gasteiger partial charge in [-0.3, -0.25) is 0 Å². The lowest BCUT2D eigenvalue weighted by atomic mass is 9.76. The summed E-state index contributed by atoms with van der Waals surface area (Å²) < 4.78 is 17.2. The summed E-state index contributed by atoms with van der Waals surface area (Å²) in [6.07, 6.45) is 4.29. The normalized spacial score (nSPS) is 27.0. The summed E-state index contributed by atoms with van der Waals surface area (Å²) in [6, 6.07) is 0.422. The Morgan fingerprint density at radius 2 is 1.78 bits per heavy atom. The zero-order valence-electron chi connectivity index (χ0n) is 11.7. The quantitative estimate of drug-likeness (QED) is 0.812. The van der Waals surface area contributed by atoms with Gasteiger partial charge in [0.15, 0.2) is 0 Å². The van der Waals surface area contributed by atoms with E-state index in [0.717, 1.165) is 58.7 Å². The van der Waals surface area contributed by atoms with Crippen LogP contribution < -0.4 is 5.32 Å². The number of nitrogens with one attached hydrogen (secondary N) is 1. The van der Waals surface area contributed by atoms with Crippen molar-refractivity contribution in [3.05, 3.63) is 0 Å². The smallest absolute Gasteiger partial charge is 0.0880 e. The van der Waals surface area contributed by atoms with Crippen molar-refractivity contribution >= 4 is 0 Å². The second-order valence-electron chi connectivity index (χ2n) is 5.33. The third-order valence-electron chi connectivity index (χ3n) is 4.39. The van der Waals surface area contributed by atoms with E-state index in [1.807, 2.05) is 0 Å². The standard InChI is InChI=1S/C14H27NO3/c1-3-18-14(6-10-17-11-7-14)13(15-2)12-4-8-16-9-5-12/h12-13,15H,3-11H2,1-2H3. The van der Waals surface area contributed by atoms with Crippen molar-refractivity contribution in [1.29, 1.82) is 0 Å². The zero-order chi connectivity index (χ0) is 12.8. The second-order valence-corrected chi connectivity index (χ2v) is 5.33. The van der Waals surface area contributed by atoms with Crippen molar-refractivity contribution in [2.45, 2.75) is 44.2 Å². The van der Waals surface area contributed by atoms with Gasteiger partial charge in [0.2, 0.25) is 0 Å². The minimum absolute atomic E-state index is 0.0379. The molecule has 0 amide bonds. The number of ether oxygens (including phenoxy) is 3. The van der Waals surface area contributed by atoms with Crippen molar-refractivity contribution in [3.63, 3.8) is 0 Å². The molecule has 4 nitrogen and oxygen atoms in total. The lowest BCUT2D eigenvalue weighted by molar-refractivity contribution is -0.141. The fourth-order valence-corrected chi connectivity index (χ4v) is 3.53. The van der Waals surface area contributed by atoms with Gasteiger partial charge < -0.3 is 19.5 Å². The highest BCUT2D eigenvalue weighted by Crippen LogP contribution is 2.35. The Bertz CT molecular complexity index is 230. The van der Waals surface area contributed by atoms with Crippen LogP contribution in [-0.4, -0.2) is 51.7 Å². The molecule has 0 aliphatic carbocycles. The van der Waals surface area contributed by atoms with Gasteiger partial charge in [-0.1, -0.05) is 0 Å². The van der Waals surface area contributed by atoms with E-state index in [1.54, 1.807) is 0 Å². The van der Waals surface area contributed by atoms with E-state index in [2.05, 4.69) is 19.3 Å². The molecule has 2 aliphatic rings. The summed E-state index contributed by atoms with van der Waals surface area (Å²) >= 11 is 0. The lowest BCUT2D eigenvalue weighted by Crippen LogP contribution is -2.58. The minimum atomic E-state index is -0.0379. The highest BCUT2D eigenvalue weighted by molar-refractivity contribution is 4.98. The highest BCUT2D eigenvalue weighted by atomic mass is 16.5. The van der Waals surface area contributed by atoms with Gasteiger partial charge in [-0.05, 0) is 32.7 Å². The molecule has 0 aromatic carbocycles. The molecule has 2 saturated heterocycles. The van der Waals surface area contributed by atoms with E-state index in [0.29, 0.717) is 12.0 Å². The molecule has 2 aliphatic heterocycles. The van der Waals surface area contributed by atoms with Crippen LogP contribution in [0.3, 0.4) is 0 Å². The van der Waals surface area contributed by atoms with Crippen molar-refractivity contribution in [2.24, 2.45) is 5.92 Å². The van der Waals surface area contributed by atoms with Gasteiger partial charge in [-0.25, -0.2) is 0 Å². The first-order valence-electron chi connectivity index (χ1n) is 7.29. The molecule has 0 saturated carbocycles. The predicted octanol–water partition coefficient (Wildman–Crippen LogP) is 1.59. The Morgan fingerprint density at radius 3 is 2.33 bits per heavy atom. The van der Waals surface area contributed by atoms with Crippen LogP contribution >= 0.6 is 0 Å². The van der Waals surface area contributed by atoms with Crippen LogP contribution in [0.5, 0.6) is 0 Å². The summed E-state index contributed by atoms with van der Waals surface area (Å²) in [5, 5.41) is 3.53. The third-order valence-corrected chi connectivity index (χ3v) is 4.39. The van der Waals surface area contributed by atoms with E-state index in [1.165, 1.54) is 0 Å². The number of likely N-dealkylation sites (N-methyl/N-ethyl adjacent to an activating group) is 1. The Labute approximate surface area is 110 Å². The molecule has 1 N–H and O–H groups in total. The van der Waals surface area contributed by atoms with E-state index in [-0.39, 0.29) is 5.60 Å². The summed E-state index contributed by atoms with van der Waals surface area (Å²) in [6.45, 7) is 6.29. The van der Waals surface area contributed by atoms with Gasteiger partial charge in [0.1, 0.15) is 0 Å². The molecule has 2 heterocycles. The maximum Gasteiger partial charge on any atom is 0.0880 e. The molecule has 0 spiro atoms. The highest BCUT2D eigenvalue weighted by Gasteiger charge is 2.44. The number of hydrogen-bond donors (Lipinski definition) is 1. The van der Waals surface area contributed by atoms with Gasteiger partial charge >= 0.3 is 0 Å². The molecule has 0 aromatic rings. The number of hydrogen-bond acceptors (Lipinski definition) is 4. The SMILES string of the molecule is CCOC1(C(NC)C2CCOCC2)CCOCC1. The topological polar surface area (TPSA) is 39.7 Å². The fourth-order valence-electron chi connectivity index (χ4n) is 3.53. The van der Waals surface area contributed by atoms with Crippen molar-refractivity contribution < 1.29 is 14.2 Å². The monoisotopic (exact) mass is 257 g/mol. The zero-order valence-corrected chi connectivity index (χ0v) is 11.7. The minimum Gasteiger partial charge on any atom is -0.381 e. The largest absolute Gasteiger partial charge is 0.381 e. The molecule has 0 aromatic heterocycles. The first-order chi connectivity index (χ1) is 8.82. The van der Waals surface area contributed by atoms with Crippen LogP contribution in [0.15, 0.2) is 0 Å². The van der Waals surface area contributed by atoms with Gasteiger partial charge in [0, 0.05) is 51.9 Å². The average molecular weight is 257 g/mol. The van der Waals surface area contributed by atoms with E-state index < -0.39 is 0 Å². The summed E-state index contributed by atoms with van der Waals surface area (Å²) in [7, 11) is 2.07. The molecule has 1 unspecified atom stereocenters. The molecular weight excluding hydrogens is 230 g/mol. The van der Waals surface area contributed by atoms with Crippen LogP contribution in [-0.2, 0) is 14.2 Å².